The normalized spacial score (nSPS) is 11.0. The van der Waals surface area contributed by atoms with Gasteiger partial charge in [0, 0.05) is 4.47 Å². The maximum Gasteiger partial charge on any atom is 0.239 e. The molecule has 0 heterocycles. The fourth-order valence-corrected chi connectivity index (χ4v) is 4.30. The average molecular weight is 460 g/mol. The summed E-state index contributed by atoms with van der Waals surface area (Å²) in [4.78, 5) is 12.3. The fourth-order valence-electron chi connectivity index (χ4n) is 2.59. The summed E-state index contributed by atoms with van der Waals surface area (Å²) in [7, 11) is -3.62. The predicted octanol–water partition coefficient (Wildman–Crippen LogP) is 4.79. The zero-order valence-corrected chi connectivity index (χ0v) is 17.2. The van der Waals surface area contributed by atoms with Crippen LogP contribution in [0.3, 0.4) is 0 Å². The lowest BCUT2D eigenvalue weighted by molar-refractivity contribution is -0.113. The van der Waals surface area contributed by atoms with Gasteiger partial charge in [-0.05, 0) is 42.0 Å². The van der Waals surface area contributed by atoms with Crippen LogP contribution < -0.4 is 10.1 Å². The van der Waals surface area contributed by atoms with Crippen molar-refractivity contribution in [3.8, 4) is 11.5 Å². The van der Waals surface area contributed by atoms with Gasteiger partial charge in [0.1, 0.15) is 11.5 Å². The van der Waals surface area contributed by atoms with E-state index in [0.29, 0.717) is 22.7 Å². The minimum absolute atomic E-state index is 0.206. The first-order chi connectivity index (χ1) is 13.4. The molecule has 3 aromatic carbocycles. The number of hydrogen-bond donors (Lipinski definition) is 1. The van der Waals surface area contributed by atoms with Gasteiger partial charge in [-0.25, -0.2) is 8.42 Å². The molecule has 0 saturated heterocycles. The second-order valence-corrected chi connectivity index (χ2v) is 9.10. The Hall–Kier alpha value is -2.64. The molecule has 1 N–H and O–H groups in total. The zero-order chi connectivity index (χ0) is 20.0. The molecule has 3 aromatic rings. The number of nitrogens with one attached hydrogen (secondary N) is 1. The van der Waals surface area contributed by atoms with Gasteiger partial charge >= 0.3 is 0 Å². The van der Waals surface area contributed by atoms with Crippen molar-refractivity contribution in [2.75, 3.05) is 11.1 Å². The molecule has 5 nitrogen and oxygen atoms in total. The van der Waals surface area contributed by atoms with Crippen molar-refractivity contribution in [2.24, 2.45) is 0 Å². The number of benzene rings is 3. The lowest BCUT2D eigenvalue weighted by atomic mass is 10.2. The fraction of sp³-hybridized carbons (Fsp3) is 0.0952. The van der Waals surface area contributed by atoms with Gasteiger partial charge in [0.25, 0.3) is 0 Å². The summed E-state index contributed by atoms with van der Waals surface area (Å²) in [5, 5.41) is 2.63. The summed E-state index contributed by atoms with van der Waals surface area (Å²) >= 11 is 3.31. The van der Waals surface area contributed by atoms with Gasteiger partial charge in [-0.2, -0.15) is 0 Å². The molecule has 0 spiro atoms. The summed E-state index contributed by atoms with van der Waals surface area (Å²) < 4.78 is 31.3. The van der Waals surface area contributed by atoms with Crippen LogP contribution in [0, 0.1) is 0 Å². The van der Waals surface area contributed by atoms with Crippen molar-refractivity contribution in [3.63, 3.8) is 0 Å². The van der Waals surface area contributed by atoms with Gasteiger partial charge in [0.05, 0.1) is 11.4 Å². The first-order valence-electron chi connectivity index (χ1n) is 8.48. The molecule has 3 rings (SSSR count). The summed E-state index contributed by atoms with van der Waals surface area (Å²) in [6.45, 7) is 0. The van der Waals surface area contributed by atoms with Gasteiger partial charge in [-0.1, -0.05) is 58.4 Å². The molecule has 0 bridgehead atoms. The maximum atomic E-state index is 12.4. The molecule has 0 aliphatic heterocycles. The summed E-state index contributed by atoms with van der Waals surface area (Å²) in [6, 6.07) is 23.0. The molecule has 0 radical (unpaired) electrons. The largest absolute Gasteiger partial charge is 0.455 e. The number of anilines is 1. The highest BCUT2D eigenvalue weighted by Crippen LogP contribution is 2.29. The van der Waals surface area contributed by atoms with Crippen molar-refractivity contribution in [2.45, 2.75) is 5.75 Å². The van der Waals surface area contributed by atoms with Crippen LogP contribution in [0.15, 0.2) is 83.3 Å². The number of para-hydroxylation sites is 3. The summed E-state index contributed by atoms with van der Waals surface area (Å²) in [5.74, 6) is -0.377. The van der Waals surface area contributed by atoms with E-state index in [1.807, 2.05) is 24.3 Å². The molecule has 7 heteroatoms. The van der Waals surface area contributed by atoms with Crippen LogP contribution >= 0.6 is 15.9 Å². The third-order valence-corrected chi connectivity index (χ3v) is 5.73. The Kier molecular flexibility index (Phi) is 6.49. The van der Waals surface area contributed by atoms with Crippen molar-refractivity contribution >= 4 is 37.4 Å². The van der Waals surface area contributed by atoms with E-state index in [4.69, 9.17) is 4.74 Å². The van der Waals surface area contributed by atoms with E-state index in [9.17, 15) is 13.2 Å². The van der Waals surface area contributed by atoms with E-state index < -0.39 is 21.5 Å². The van der Waals surface area contributed by atoms with Crippen molar-refractivity contribution in [3.05, 3.63) is 88.9 Å². The lowest BCUT2D eigenvalue weighted by Gasteiger charge is -2.12. The smallest absolute Gasteiger partial charge is 0.239 e. The highest BCUT2D eigenvalue weighted by Gasteiger charge is 2.19. The van der Waals surface area contributed by atoms with Crippen molar-refractivity contribution in [1.29, 1.82) is 0 Å². The topological polar surface area (TPSA) is 72.5 Å². The second kappa shape index (κ2) is 9.03. The molecular formula is C21H18BrNO4S. The van der Waals surface area contributed by atoms with Crippen LogP contribution in [0.1, 0.15) is 5.56 Å². The van der Waals surface area contributed by atoms with E-state index in [-0.39, 0.29) is 5.75 Å². The molecule has 0 aromatic heterocycles. The number of sulfone groups is 1. The Morgan fingerprint density at radius 1 is 0.929 bits per heavy atom. The minimum Gasteiger partial charge on any atom is -0.455 e. The van der Waals surface area contributed by atoms with E-state index in [1.54, 1.807) is 54.6 Å². The Morgan fingerprint density at radius 2 is 1.64 bits per heavy atom. The molecule has 28 heavy (non-hydrogen) atoms. The van der Waals surface area contributed by atoms with Crippen LogP contribution in [-0.4, -0.2) is 20.1 Å². The Morgan fingerprint density at radius 3 is 2.39 bits per heavy atom. The quantitative estimate of drug-likeness (QED) is 0.550. The first-order valence-corrected chi connectivity index (χ1v) is 11.1. The highest BCUT2D eigenvalue weighted by atomic mass is 79.9. The molecule has 0 atom stereocenters. The van der Waals surface area contributed by atoms with Gasteiger partial charge in [0.2, 0.25) is 5.91 Å². The molecule has 144 valence electrons. The monoisotopic (exact) mass is 459 g/mol. The van der Waals surface area contributed by atoms with Gasteiger partial charge in [-0.3, -0.25) is 4.79 Å². The SMILES string of the molecule is O=C(CS(=O)(=O)Cc1cccc(Br)c1)Nc1ccccc1Oc1ccccc1. The Labute approximate surface area is 172 Å². The summed E-state index contributed by atoms with van der Waals surface area (Å²) in [5.41, 5.74) is 1.03. The molecule has 0 unspecified atom stereocenters. The standard InChI is InChI=1S/C21H18BrNO4S/c22-17-8-6-7-16(13-17)14-28(25,26)15-21(24)23-19-11-4-5-12-20(19)27-18-9-2-1-3-10-18/h1-13H,14-15H2,(H,23,24). The molecule has 0 saturated carbocycles. The molecular weight excluding hydrogens is 442 g/mol. The number of amides is 1. The lowest BCUT2D eigenvalue weighted by Crippen LogP contribution is -2.24. The molecule has 1 amide bonds. The van der Waals surface area contributed by atoms with Crippen molar-refractivity contribution < 1.29 is 17.9 Å². The number of carbonyl (C=O) groups excluding carboxylic acids is 1. The number of halogens is 1. The second-order valence-electron chi connectivity index (χ2n) is 6.12. The third-order valence-electron chi connectivity index (χ3n) is 3.76. The van der Waals surface area contributed by atoms with E-state index in [2.05, 4.69) is 21.2 Å². The molecule has 0 aliphatic carbocycles. The third kappa shape index (κ3) is 5.94. The van der Waals surface area contributed by atoms with E-state index >= 15 is 0 Å². The van der Waals surface area contributed by atoms with Crippen LogP contribution in [0.4, 0.5) is 5.69 Å². The Balaban J connectivity index is 1.68. The van der Waals surface area contributed by atoms with Crippen LogP contribution in [0.5, 0.6) is 11.5 Å². The predicted molar refractivity (Wildman–Crippen MR) is 113 cm³/mol. The summed E-state index contributed by atoms with van der Waals surface area (Å²) in [6.07, 6.45) is 0. The van der Waals surface area contributed by atoms with E-state index in [0.717, 1.165) is 4.47 Å². The number of rotatable bonds is 7. The van der Waals surface area contributed by atoms with Crippen LogP contribution in [0.25, 0.3) is 0 Å². The maximum absolute atomic E-state index is 12.4. The number of ether oxygens (including phenoxy) is 1. The average Bonchev–Trinajstić information content (AvgIpc) is 2.63. The number of hydrogen-bond acceptors (Lipinski definition) is 4. The highest BCUT2D eigenvalue weighted by molar-refractivity contribution is 9.10. The van der Waals surface area contributed by atoms with Gasteiger partial charge in [0.15, 0.2) is 15.6 Å². The van der Waals surface area contributed by atoms with Crippen LogP contribution in [0.2, 0.25) is 0 Å². The Bertz CT molecular complexity index is 1070. The van der Waals surface area contributed by atoms with Crippen LogP contribution in [-0.2, 0) is 20.4 Å². The van der Waals surface area contributed by atoms with E-state index in [1.165, 1.54) is 0 Å². The molecule has 0 fully saturated rings. The first kappa shape index (κ1) is 20.1. The minimum atomic E-state index is -3.62. The van der Waals surface area contributed by atoms with Crippen molar-refractivity contribution in [1.82, 2.24) is 0 Å². The van der Waals surface area contributed by atoms with Gasteiger partial charge in [-0.15, -0.1) is 0 Å². The zero-order valence-electron chi connectivity index (χ0n) is 14.8. The number of carbonyl (C=O) groups is 1. The molecule has 0 aliphatic rings. The van der Waals surface area contributed by atoms with Gasteiger partial charge < -0.3 is 10.1 Å².